The minimum atomic E-state index is -0.619. The molecule has 1 fully saturated rings. The zero-order valence-electron chi connectivity index (χ0n) is 10.1. The van der Waals surface area contributed by atoms with E-state index in [0.29, 0.717) is 18.4 Å². The molecule has 1 aromatic carbocycles. The maximum absolute atomic E-state index is 10.8. The molecule has 5 nitrogen and oxygen atoms in total. The third-order valence-corrected chi connectivity index (χ3v) is 3.33. The van der Waals surface area contributed by atoms with Crippen LogP contribution in [0.25, 0.3) is 0 Å². The first-order valence-corrected chi connectivity index (χ1v) is 6.07. The van der Waals surface area contributed by atoms with Gasteiger partial charge in [0.15, 0.2) is 17.8 Å². The van der Waals surface area contributed by atoms with Gasteiger partial charge in [0.2, 0.25) is 5.75 Å². The number of benzene rings is 1. The van der Waals surface area contributed by atoms with E-state index in [2.05, 4.69) is 4.90 Å². The Kier molecular flexibility index (Phi) is 3.72. The summed E-state index contributed by atoms with van der Waals surface area (Å²) in [5, 5.41) is 28.8. The SMILES string of the molecule is O=Cc1cc(CN2CCCCC2)c(O)c(O)c1O. The molecule has 0 aromatic heterocycles. The largest absolute Gasteiger partial charge is 0.504 e. The van der Waals surface area contributed by atoms with E-state index in [1.807, 2.05) is 0 Å². The van der Waals surface area contributed by atoms with E-state index < -0.39 is 11.5 Å². The number of piperidine rings is 1. The highest BCUT2D eigenvalue weighted by Gasteiger charge is 2.19. The summed E-state index contributed by atoms with van der Waals surface area (Å²) < 4.78 is 0. The van der Waals surface area contributed by atoms with E-state index >= 15 is 0 Å². The Labute approximate surface area is 105 Å². The molecule has 5 heteroatoms. The van der Waals surface area contributed by atoms with Crippen LogP contribution in [0.5, 0.6) is 17.2 Å². The van der Waals surface area contributed by atoms with Crippen molar-refractivity contribution < 1.29 is 20.1 Å². The molecule has 2 rings (SSSR count). The van der Waals surface area contributed by atoms with E-state index in [-0.39, 0.29) is 11.3 Å². The number of phenols is 3. The second-order valence-corrected chi connectivity index (χ2v) is 4.63. The number of aromatic hydroxyl groups is 3. The minimum absolute atomic E-state index is 0.00249. The lowest BCUT2D eigenvalue weighted by molar-refractivity contribution is 0.112. The third-order valence-electron chi connectivity index (χ3n) is 3.33. The Morgan fingerprint density at radius 1 is 1.06 bits per heavy atom. The van der Waals surface area contributed by atoms with Gasteiger partial charge in [-0.15, -0.1) is 0 Å². The van der Waals surface area contributed by atoms with Crippen molar-refractivity contribution in [2.75, 3.05) is 13.1 Å². The normalized spacial score (nSPS) is 16.7. The molecule has 0 spiro atoms. The van der Waals surface area contributed by atoms with E-state index in [1.54, 1.807) is 0 Å². The van der Waals surface area contributed by atoms with Crippen LogP contribution in [0.1, 0.15) is 35.2 Å². The Balaban J connectivity index is 2.26. The second kappa shape index (κ2) is 5.27. The molecule has 0 aliphatic carbocycles. The number of nitrogens with zero attached hydrogens (tertiary/aromatic N) is 1. The maximum atomic E-state index is 10.8. The average Bonchev–Trinajstić information content (AvgIpc) is 2.40. The van der Waals surface area contributed by atoms with Crippen molar-refractivity contribution in [3.05, 3.63) is 17.2 Å². The van der Waals surface area contributed by atoms with Crippen molar-refractivity contribution in [3.63, 3.8) is 0 Å². The molecule has 1 saturated heterocycles. The van der Waals surface area contributed by atoms with Crippen molar-refractivity contribution >= 4 is 6.29 Å². The summed E-state index contributed by atoms with van der Waals surface area (Å²) in [4.78, 5) is 12.9. The summed E-state index contributed by atoms with van der Waals surface area (Å²) >= 11 is 0. The van der Waals surface area contributed by atoms with Crippen LogP contribution in [0, 0.1) is 0 Å². The fourth-order valence-corrected chi connectivity index (χ4v) is 2.29. The predicted molar refractivity (Wildman–Crippen MR) is 66.0 cm³/mol. The topological polar surface area (TPSA) is 81.0 Å². The molecule has 0 atom stereocenters. The van der Waals surface area contributed by atoms with Crippen LogP contribution >= 0.6 is 0 Å². The van der Waals surface area contributed by atoms with E-state index in [1.165, 1.54) is 12.5 Å². The van der Waals surface area contributed by atoms with Gasteiger partial charge in [0.25, 0.3) is 0 Å². The Hall–Kier alpha value is -1.75. The van der Waals surface area contributed by atoms with Crippen LogP contribution in [-0.2, 0) is 6.54 Å². The molecule has 1 heterocycles. The van der Waals surface area contributed by atoms with Crippen molar-refractivity contribution in [1.82, 2.24) is 4.90 Å². The molecule has 1 aromatic rings. The molecular formula is C13H17NO4. The Morgan fingerprint density at radius 2 is 1.72 bits per heavy atom. The Bertz CT molecular complexity index is 453. The van der Waals surface area contributed by atoms with Gasteiger partial charge in [-0.05, 0) is 32.0 Å². The predicted octanol–water partition coefficient (Wildman–Crippen LogP) is 1.60. The summed E-state index contributed by atoms with van der Waals surface area (Å²) in [6.07, 6.45) is 3.91. The first kappa shape index (κ1) is 12.7. The molecule has 1 aliphatic heterocycles. The minimum Gasteiger partial charge on any atom is -0.504 e. The van der Waals surface area contributed by atoms with E-state index in [0.717, 1.165) is 25.9 Å². The number of carbonyl (C=O) groups is 1. The molecule has 18 heavy (non-hydrogen) atoms. The van der Waals surface area contributed by atoms with Gasteiger partial charge < -0.3 is 15.3 Å². The molecule has 98 valence electrons. The number of carbonyl (C=O) groups excluding carboxylic acids is 1. The van der Waals surface area contributed by atoms with Gasteiger partial charge in [0.1, 0.15) is 0 Å². The fourth-order valence-electron chi connectivity index (χ4n) is 2.29. The summed E-state index contributed by atoms with van der Waals surface area (Å²) in [7, 11) is 0. The van der Waals surface area contributed by atoms with E-state index in [4.69, 9.17) is 0 Å². The molecule has 0 amide bonds. The molecule has 0 saturated carbocycles. The van der Waals surface area contributed by atoms with Crippen molar-refractivity contribution in [2.45, 2.75) is 25.8 Å². The second-order valence-electron chi connectivity index (χ2n) is 4.63. The molecule has 3 N–H and O–H groups in total. The number of phenolic OH excluding ortho intramolecular Hbond substituents is 3. The summed E-state index contributed by atoms with van der Waals surface area (Å²) in [6, 6.07) is 1.42. The lowest BCUT2D eigenvalue weighted by atomic mass is 10.1. The van der Waals surface area contributed by atoms with Gasteiger partial charge in [-0.2, -0.15) is 0 Å². The van der Waals surface area contributed by atoms with Crippen LogP contribution < -0.4 is 0 Å². The lowest BCUT2D eigenvalue weighted by Gasteiger charge is -2.26. The van der Waals surface area contributed by atoms with Gasteiger partial charge in [0.05, 0.1) is 5.56 Å². The maximum Gasteiger partial charge on any atom is 0.201 e. The van der Waals surface area contributed by atoms with Gasteiger partial charge in [-0.3, -0.25) is 9.69 Å². The molecule has 1 aliphatic rings. The quantitative estimate of drug-likeness (QED) is 0.561. The summed E-state index contributed by atoms with van der Waals surface area (Å²) in [6.45, 7) is 2.36. The van der Waals surface area contributed by atoms with Gasteiger partial charge in [-0.25, -0.2) is 0 Å². The van der Waals surface area contributed by atoms with Crippen molar-refractivity contribution in [1.29, 1.82) is 0 Å². The number of hydrogen-bond donors (Lipinski definition) is 3. The first-order valence-electron chi connectivity index (χ1n) is 6.07. The van der Waals surface area contributed by atoms with Crippen LogP contribution in [0.4, 0.5) is 0 Å². The zero-order chi connectivity index (χ0) is 13.1. The molecular weight excluding hydrogens is 234 g/mol. The Morgan fingerprint density at radius 3 is 2.33 bits per heavy atom. The fraction of sp³-hybridized carbons (Fsp3) is 0.462. The summed E-state index contributed by atoms with van der Waals surface area (Å²) in [5.74, 6) is -1.53. The van der Waals surface area contributed by atoms with Crippen molar-refractivity contribution in [2.24, 2.45) is 0 Å². The third kappa shape index (κ3) is 2.41. The molecule has 0 radical (unpaired) electrons. The zero-order valence-corrected chi connectivity index (χ0v) is 10.1. The van der Waals surface area contributed by atoms with Crippen LogP contribution in [-0.4, -0.2) is 39.6 Å². The van der Waals surface area contributed by atoms with Crippen LogP contribution in [0.15, 0.2) is 6.07 Å². The van der Waals surface area contributed by atoms with Crippen LogP contribution in [0.2, 0.25) is 0 Å². The molecule has 0 unspecified atom stereocenters. The number of hydrogen-bond acceptors (Lipinski definition) is 5. The highest BCUT2D eigenvalue weighted by molar-refractivity contribution is 5.82. The smallest absolute Gasteiger partial charge is 0.201 e. The standard InChI is InChI=1S/C13H17NO4/c15-8-10-6-9(11(16)13(18)12(10)17)7-14-4-2-1-3-5-14/h6,8,16-18H,1-5,7H2. The highest BCUT2D eigenvalue weighted by Crippen LogP contribution is 2.40. The van der Waals surface area contributed by atoms with E-state index in [9.17, 15) is 20.1 Å². The summed E-state index contributed by atoms with van der Waals surface area (Å²) in [5.41, 5.74) is 0.464. The average molecular weight is 251 g/mol. The van der Waals surface area contributed by atoms with Crippen molar-refractivity contribution in [3.8, 4) is 17.2 Å². The number of aldehydes is 1. The monoisotopic (exact) mass is 251 g/mol. The van der Waals surface area contributed by atoms with Gasteiger partial charge in [0, 0.05) is 12.1 Å². The molecule has 0 bridgehead atoms. The van der Waals surface area contributed by atoms with Gasteiger partial charge in [-0.1, -0.05) is 6.42 Å². The first-order chi connectivity index (χ1) is 8.63. The number of likely N-dealkylation sites (tertiary alicyclic amines) is 1. The number of rotatable bonds is 3. The van der Waals surface area contributed by atoms with Crippen LogP contribution in [0.3, 0.4) is 0 Å². The van der Waals surface area contributed by atoms with Gasteiger partial charge >= 0.3 is 0 Å². The highest BCUT2D eigenvalue weighted by atomic mass is 16.3. The lowest BCUT2D eigenvalue weighted by Crippen LogP contribution is -2.29.